The molecule has 2 nitrogen and oxygen atoms in total. The zero-order chi connectivity index (χ0) is 21.8. The van der Waals surface area contributed by atoms with Gasteiger partial charge in [0.05, 0.1) is 6.10 Å². The lowest BCUT2D eigenvalue weighted by Crippen LogP contribution is -2.60. The minimum Gasteiger partial charge on any atom is -0.393 e. The van der Waals surface area contributed by atoms with E-state index in [4.69, 9.17) is 0 Å². The molecule has 0 spiro atoms. The lowest BCUT2D eigenvalue weighted by atomic mass is 9.43. The smallest absolute Gasteiger partial charge is 0.136 e. The van der Waals surface area contributed by atoms with Crippen LogP contribution in [0.1, 0.15) is 106 Å². The van der Waals surface area contributed by atoms with Gasteiger partial charge in [0.25, 0.3) is 0 Å². The number of hydrogen-bond acceptors (Lipinski definition) is 2. The molecule has 4 rings (SSSR count). The van der Waals surface area contributed by atoms with Crippen molar-refractivity contribution in [2.75, 3.05) is 0 Å². The van der Waals surface area contributed by atoms with E-state index in [1.807, 2.05) is 0 Å². The van der Waals surface area contributed by atoms with Gasteiger partial charge in [-0.3, -0.25) is 4.79 Å². The van der Waals surface area contributed by atoms with Crippen molar-refractivity contribution in [3.63, 3.8) is 0 Å². The van der Waals surface area contributed by atoms with E-state index in [1.165, 1.54) is 38.5 Å². The Hall–Kier alpha value is -0.370. The molecule has 4 aliphatic carbocycles. The minimum absolute atomic E-state index is 0.125. The molecule has 4 fully saturated rings. The van der Waals surface area contributed by atoms with Gasteiger partial charge in [0.2, 0.25) is 0 Å². The summed E-state index contributed by atoms with van der Waals surface area (Å²) in [5.74, 6) is 5.60. The fraction of sp³-hybridized carbons (Fsp3) is 0.964. The van der Waals surface area contributed by atoms with Crippen LogP contribution in [0.5, 0.6) is 0 Å². The molecule has 4 saturated carbocycles. The average Bonchev–Trinajstić information content (AvgIpc) is 3.05. The summed E-state index contributed by atoms with van der Waals surface area (Å²) in [6.07, 6.45) is 11.4. The topological polar surface area (TPSA) is 37.3 Å². The Kier molecular flexibility index (Phi) is 6.23. The second-order valence-corrected chi connectivity index (χ2v) is 12.9. The Labute approximate surface area is 186 Å². The van der Waals surface area contributed by atoms with Gasteiger partial charge < -0.3 is 5.11 Å². The maximum absolute atomic E-state index is 13.3. The zero-order valence-electron chi connectivity index (χ0n) is 20.6. The molecule has 0 aromatic heterocycles. The fourth-order valence-corrected chi connectivity index (χ4v) is 9.14. The van der Waals surface area contributed by atoms with Crippen LogP contribution >= 0.6 is 0 Å². The third kappa shape index (κ3) is 3.43. The molecule has 0 amide bonds. The molecule has 172 valence electrons. The number of carbonyl (C=O) groups is 1. The highest BCUT2D eigenvalue weighted by Gasteiger charge is 2.63. The molecule has 0 aliphatic heterocycles. The highest BCUT2D eigenvalue weighted by molar-refractivity contribution is 5.83. The van der Waals surface area contributed by atoms with Crippen molar-refractivity contribution in [1.29, 1.82) is 0 Å². The van der Waals surface area contributed by atoms with Gasteiger partial charge in [-0.15, -0.1) is 0 Å². The molecule has 0 aromatic rings. The van der Waals surface area contributed by atoms with Crippen LogP contribution in [-0.2, 0) is 4.79 Å². The zero-order valence-corrected chi connectivity index (χ0v) is 20.6. The number of aliphatic hydroxyl groups is 1. The van der Waals surface area contributed by atoms with E-state index < -0.39 is 0 Å². The summed E-state index contributed by atoms with van der Waals surface area (Å²) in [5.41, 5.74) is 0.251. The van der Waals surface area contributed by atoms with Crippen LogP contribution in [-0.4, -0.2) is 17.0 Å². The van der Waals surface area contributed by atoms with Crippen molar-refractivity contribution in [2.45, 2.75) is 112 Å². The van der Waals surface area contributed by atoms with Gasteiger partial charge in [-0.25, -0.2) is 0 Å². The third-order valence-electron chi connectivity index (χ3n) is 11.5. The Morgan fingerprint density at radius 3 is 2.40 bits per heavy atom. The van der Waals surface area contributed by atoms with Crippen molar-refractivity contribution >= 4 is 5.78 Å². The SMILES string of the molecule is CC(C)[C@H](C)CC[C@@H](C)[C@H]1CC[C@H]2[C@@H]3CC(=O)[C@H]4CCCC(O)[C@]4(C)[C@H]3CC[C@]12C. The van der Waals surface area contributed by atoms with Crippen LogP contribution in [0.2, 0.25) is 0 Å². The minimum atomic E-state index is -0.272. The fourth-order valence-electron chi connectivity index (χ4n) is 9.14. The van der Waals surface area contributed by atoms with Gasteiger partial charge in [-0.2, -0.15) is 0 Å². The first-order valence-corrected chi connectivity index (χ1v) is 13.3. The number of Topliss-reactive ketones (excluding diaryl/α,β-unsaturated/α-hetero) is 1. The Bertz CT molecular complexity index is 641. The van der Waals surface area contributed by atoms with Gasteiger partial charge in [0.1, 0.15) is 5.78 Å². The molecule has 0 heterocycles. The average molecular weight is 417 g/mol. The summed E-state index contributed by atoms with van der Waals surface area (Å²) in [6.45, 7) is 14.5. The molecule has 0 saturated heterocycles. The van der Waals surface area contributed by atoms with Crippen LogP contribution < -0.4 is 0 Å². The van der Waals surface area contributed by atoms with E-state index in [-0.39, 0.29) is 17.4 Å². The molecule has 0 bridgehead atoms. The standard InChI is InChI=1S/C28H48O2/c1-17(2)18(3)10-11-19(4)21-12-13-22-20-16-25(29)24-8-7-9-26(30)28(24,6)23(20)14-15-27(21,22)5/h17-24,26,30H,7-16H2,1-6H3/t18-,19-,20+,21-,22+,23+,24-,26?,27-,28-/m1/s1. The van der Waals surface area contributed by atoms with Gasteiger partial charge in [0.15, 0.2) is 0 Å². The lowest BCUT2D eigenvalue weighted by Gasteiger charge is -2.61. The highest BCUT2D eigenvalue weighted by atomic mass is 16.3. The largest absolute Gasteiger partial charge is 0.393 e. The lowest BCUT2D eigenvalue weighted by molar-refractivity contribution is -0.176. The highest BCUT2D eigenvalue weighted by Crippen LogP contribution is 2.67. The van der Waals surface area contributed by atoms with Crippen molar-refractivity contribution in [2.24, 2.45) is 58.2 Å². The number of hydrogen-bond donors (Lipinski definition) is 1. The summed E-state index contributed by atoms with van der Waals surface area (Å²) in [7, 11) is 0. The molecule has 30 heavy (non-hydrogen) atoms. The molecule has 4 aliphatic rings. The summed E-state index contributed by atoms with van der Waals surface area (Å²) in [5, 5.41) is 11.1. The Balaban J connectivity index is 1.52. The van der Waals surface area contributed by atoms with E-state index in [0.29, 0.717) is 29.0 Å². The molecule has 10 atom stereocenters. The molecule has 0 aromatic carbocycles. The summed E-state index contributed by atoms with van der Waals surface area (Å²) in [4.78, 5) is 13.3. The second-order valence-electron chi connectivity index (χ2n) is 12.9. The maximum atomic E-state index is 13.3. The van der Waals surface area contributed by atoms with Crippen molar-refractivity contribution in [3.05, 3.63) is 0 Å². The predicted octanol–water partition coefficient (Wildman–Crippen LogP) is 6.89. The normalized spacial score (nSPS) is 48.1. The number of rotatable bonds is 5. The molecular weight excluding hydrogens is 368 g/mol. The van der Waals surface area contributed by atoms with Crippen LogP contribution in [0.4, 0.5) is 0 Å². The van der Waals surface area contributed by atoms with E-state index in [2.05, 4.69) is 41.5 Å². The molecule has 1 N–H and O–H groups in total. The van der Waals surface area contributed by atoms with Crippen molar-refractivity contribution in [3.8, 4) is 0 Å². The van der Waals surface area contributed by atoms with E-state index in [0.717, 1.165) is 49.4 Å². The van der Waals surface area contributed by atoms with Crippen LogP contribution in [0.3, 0.4) is 0 Å². The molecule has 1 unspecified atom stereocenters. The van der Waals surface area contributed by atoms with E-state index >= 15 is 0 Å². The van der Waals surface area contributed by atoms with Crippen molar-refractivity contribution in [1.82, 2.24) is 0 Å². The van der Waals surface area contributed by atoms with Gasteiger partial charge >= 0.3 is 0 Å². The summed E-state index contributed by atoms with van der Waals surface area (Å²) < 4.78 is 0. The molecular formula is C28H48O2. The quantitative estimate of drug-likeness (QED) is 0.529. The Morgan fingerprint density at radius 1 is 0.967 bits per heavy atom. The van der Waals surface area contributed by atoms with Crippen LogP contribution in [0, 0.1) is 58.2 Å². The molecule has 2 heteroatoms. The van der Waals surface area contributed by atoms with Crippen molar-refractivity contribution < 1.29 is 9.90 Å². The second kappa shape index (κ2) is 8.20. The number of fused-ring (bicyclic) bond motifs is 5. The van der Waals surface area contributed by atoms with Gasteiger partial charge in [-0.05, 0) is 85.4 Å². The third-order valence-corrected chi connectivity index (χ3v) is 11.5. The number of aliphatic hydroxyl groups excluding tert-OH is 1. The Morgan fingerprint density at radius 2 is 1.70 bits per heavy atom. The van der Waals surface area contributed by atoms with Crippen LogP contribution in [0.25, 0.3) is 0 Å². The summed E-state index contributed by atoms with van der Waals surface area (Å²) >= 11 is 0. The van der Waals surface area contributed by atoms with Gasteiger partial charge in [0, 0.05) is 17.8 Å². The monoisotopic (exact) mass is 416 g/mol. The maximum Gasteiger partial charge on any atom is 0.136 e. The molecule has 0 radical (unpaired) electrons. The predicted molar refractivity (Wildman–Crippen MR) is 124 cm³/mol. The first-order valence-electron chi connectivity index (χ1n) is 13.3. The number of ketones is 1. The first kappa shape index (κ1) is 22.8. The first-order chi connectivity index (χ1) is 14.1. The summed E-state index contributed by atoms with van der Waals surface area (Å²) in [6, 6.07) is 0. The number of carbonyl (C=O) groups excluding carboxylic acids is 1. The van der Waals surface area contributed by atoms with Gasteiger partial charge in [-0.1, -0.05) is 60.8 Å². The van der Waals surface area contributed by atoms with E-state index in [9.17, 15) is 9.90 Å². The van der Waals surface area contributed by atoms with Crippen LogP contribution in [0.15, 0.2) is 0 Å². The van der Waals surface area contributed by atoms with E-state index in [1.54, 1.807) is 0 Å².